The fraction of sp³-hybridized carbons (Fsp3) is 0.600. The number of rotatable bonds is 5. The van der Waals surface area contributed by atoms with Crippen molar-refractivity contribution in [1.82, 2.24) is 10.3 Å². The zero-order valence-electron chi connectivity index (χ0n) is 11.3. The van der Waals surface area contributed by atoms with Crippen molar-refractivity contribution in [2.24, 2.45) is 5.92 Å². The highest BCUT2D eigenvalue weighted by Crippen LogP contribution is 2.22. The highest BCUT2D eigenvalue weighted by Gasteiger charge is 2.15. The van der Waals surface area contributed by atoms with Gasteiger partial charge in [-0.2, -0.15) is 0 Å². The van der Waals surface area contributed by atoms with Crippen molar-refractivity contribution in [3.05, 3.63) is 29.6 Å². The van der Waals surface area contributed by atoms with Gasteiger partial charge in [-0.1, -0.05) is 19.3 Å². The third-order valence-corrected chi connectivity index (χ3v) is 3.72. The summed E-state index contributed by atoms with van der Waals surface area (Å²) >= 11 is 0. The monoisotopic (exact) mass is 262 g/mol. The number of carbonyl (C=O) groups excluding carboxylic acids is 1. The lowest BCUT2D eigenvalue weighted by Crippen LogP contribution is -2.30. The van der Waals surface area contributed by atoms with Crippen LogP contribution in [0.1, 0.15) is 48.2 Å². The minimum absolute atomic E-state index is 0.0350. The van der Waals surface area contributed by atoms with Crippen LogP contribution < -0.4 is 5.32 Å². The van der Waals surface area contributed by atoms with Gasteiger partial charge in [0.15, 0.2) is 0 Å². The van der Waals surface area contributed by atoms with Gasteiger partial charge in [0.2, 0.25) is 0 Å². The Balaban J connectivity index is 1.86. The SMILES string of the molecule is O=C(NCC1CCCCC1)c1ccnc(CCO)c1. The van der Waals surface area contributed by atoms with Gasteiger partial charge in [0, 0.05) is 37.0 Å². The van der Waals surface area contributed by atoms with E-state index in [9.17, 15) is 4.79 Å². The lowest BCUT2D eigenvalue weighted by Gasteiger charge is -2.21. The van der Waals surface area contributed by atoms with Crippen LogP contribution in [0.4, 0.5) is 0 Å². The summed E-state index contributed by atoms with van der Waals surface area (Å²) in [5.41, 5.74) is 1.39. The minimum Gasteiger partial charge on any atom is -0.396 e. The molecule has 4 nitrogen and oxygen atoms in total. The van der Waals surface area contributed by atoms with Gasteiger partial charge in [-0.15, -0.1) is 0 Å². The van der Waals surface area contributed by atoms with E-state index in [0.29, 0.717) is 17.9 Å². The molecule has 19 heavy (non-hydrogen) atoms. The molecule has 0 spiro atoms. The number of nitrogens with one attached hydrogen (secondary N) is 1. The summed E-state index contributed by atoms with van der Waals surface area (Å²) < 4.78 is 0. The normalized spacial score (nSPS) is 16.3. The molecule has 1 aromatic rings. The Morgan fingerprint density at radius 1 is 1.37 bits per heavy atom. The summed E-state index contributed by atoms with van der Waals surface area (Å²) in [7, 11) is 0. The molecule has 0 radical (unpaired) electrons. The first-order valence-electron chi connectivity index (χ1n) is 7.13. The molecule has 1 heterocycles. The standard InChI is InChI=1S/C15H22N2O2/c18-9-7-14-10-13(6-8-16-14)15(19)17-11-12-4-2-1-3-5-12/h6,8,10,12,18H,1-5,7,9,11H2,(H,17,19). The maximum Gasteiger partial charge on any atom is 0.251 e. The molecule has 0 saturated heterocycles. The number of hydrogen-bond donors (Lipinski definition) is 2. The van der Waals surface area contributed by atoms with Gasteiger partial charge in [0.1, 0.15) is 0 Å². The molecule has 0 atom stereocenters. The average Bonchev–Trinajstić information content (AvgIpc) is 2.46. The Labute approximate surface area is 114 Å². The van der Waals surface area contributed by atoms with Crippen LogP contribution in [-0.4, -0.2) is 29.1 Å². The van der Waals surface area contributed by atoms with Crippen LogP contribution in [0.15, 0.2) is 18.3 Å². The predicted molar refractivity (Wildman–Crippen MR) is 73.9 cm³/mol. The lowest BCUT2D eigenvalue weighted by molar-refractivity contribution is 0.0943. The van der Waals surface area contributed by atoms with Crippen LogP contribution in [0.25, 0.3) is 0 Å². The van der Waals surface area contributed by atoms with E-state index in [-0.39, 0.29) is 12.5 Å². The van der Waals surface area contributed by atoms with Crippen molar-refractivity contribution in [2.45, 2.75) is 38.5 Å². The summed E-state index contributed by atoms with van der Waals surface area (Å²) in [5.74, 6) is 0.601. The topological polar surface area (TPSA) is 62.2 Å². The van der Waals surface area contributed by atoms with Crippen LogP contribution in [0, 0.1) is 5.92 Å². The van der Waals surface area contributed by atoms with Gasteiger partial charge in [0.25, 0.3) is 5.91 Å². The molecule has 1 aromatic heterocycles. The van der Waals surface area contributed by atoms with Crippen molar-refractivity contribution in [2.75, 3.05) is 13.2 Å². The number of hydrogen-bond acceptors (Lipinski definition) is 3. The molecule has 1 aliphatic rings. The van der Waals surface area contributed by atoms with E-state index < -0.39 is 0 Å². The van der Waals surface area contributed by atoms with E-state index in [0.717, 1.165) is 12.2 Å². The molecule has 1 saturated carbocycles. The van der Waals surface area contributed by atoms with E-state index in [4.69, 9.17) is 5.11 Å². The quantitative estimate of drug-likeness (QED) is 0.852. The fourth-order valence-electron chi connectivity index (χ4n) is 2.60. The zero-order valence-corrected chi connectivity index (χ0v) is 11.3. The molecule has 2 rings (SSSR count). The van der Waals surface area contributed by atoms with Gasteiger partial charge in [-0.25, -0.2) is 0 Å². The smallest absolute Gasteiger partial charge is 0.251 e. The van der Waals surface area contributed by atoms with Crippen molar-refractivity contribution in [1.29, 1.82) is 0 Å². The molecule has 0 unspecified atom stereocenters. The molecular weight excluding hydrogens is 240 g/mol. The zero-order chi connectivity index (χ0) is 13.5. The molecule has 0 aromatic carbocycles. The molecule has 1 aliphatic carbocycles. The summed E-state index contributed by atoms with van der Waals surface area (Å²) in [5, 5.41) is 11.9. The number of carbonyl (C=O) groups is 1. The van der Waals surface area contributed by atoms with Crippen LogP contribution in [-0.2, 0) is 6.42 Å². The number of aliphatic hydroxyl groups excluding tert-OH is 1. The molecular formula is C15H22N2O2. The molecule has 0 aliphatic heterocycles. The first-order chi connectivity index (χ1) is 9.29. The first-order valence-corrected chi connectivity index (χ1v) is 7.13. The number of nitrogens with zero attached hydrogens (tertiary/aromatic N) is 1. The molecule has 104 valence electrons. The van der Waals surface area contributed by atoms with Crippen LogP contribution in [0.3, 0.4) is 0 Å². The second-order valence-electron chi connectivity index (χ2n) is 5.22. The number of aromatic nitrogens is 1. The Hall–Kier alpha value is -1.42. The van der Waals surface area contributed by atoms with Gasteiger partial charge in [0.05, 0.1) is 0 Å². The first kappa shape index (κ1) is 14.0. The van der Waals surface area contributed by atoms with E-state index >= 15 is 0 Å². The third-order valence-electron chi connectivity index (χ3n) is 3.72. The van der Waals surface area contributed by atoms with E-state index in [2.05, 4.69) is 10.3 Å². The van der Waals surface area contributed by atoms with Crippen LogP contribution >= 0.6 is 0 Å². The van der Waals surface area contributed by atoms with Crippen molar-refractivity contribution in [3.63, 3.8) is 0 Å². The van der Waals surface area contributed by atoms with Crippen molar-refractivity contribution < 1.29 is 9.90 Å². The van der Waals surface area contributed by atoms with Crippen molar-refractivity contribution in [3.8, 4) is 0 Å². The van der Waals surface area contributed by atoms with Crippen LogP contribution in [0.5, 0.6) is 0 Å². The summed E-state index contributed by atoms with van der Waals surface area (Å²) in [4.78, 5) is 16.2. The highest BCUT2D eigenvalue weighted by atomic mass is 16.3. The van der Waals surface area contributed by atoms with Gasteiger partial charge in [-0.3, -0.25) is 9.78 Å². The maximum absolute atomic E-state index is 12.0. The number of amides is 1. The Bertz CT molecular complexity index is 414. The number of aliphatic hydroxyl groups is 1. The van der Waals surface area contributed by atoms with E-state index in [1.54, 1.807) is 18.3 Å². The highest BCUT2D eigenvalue weighted by molar-refractivity contribution is 5.94. The maximum atomic E-state index is 12.0. The molecule has 2 N–H and O–H groups in total. The number of pyridine rings is 1. The van der Waals surface area contributed by atoms with Gasteiger partial charge < -0.3 is 10.4 Å². The Kier molecular flexibility index (Phi) is 5.33. The minimum atomic E-state index is -0.0350. The Morgan fingerprint density at radius 2 is 2.16 bits per heavy atom. The van der Waals surface area contributed by atoms with E-state index in [1.807, 2.05) is 0 Å². The van der Waals surface area contributed by atoms with Crippen molar-refractivity contribution >= 4 is 5.91 Å². The largest absolute Gasteiger partial charge is 0.396 e. The average molecular weight is 262 g/mol. The second-order valence-corrected chi connectivity index (χ2v) is 5.22. The molecule has 4 heteroatoms. The van der Waals surface area contributed by atoms with Gasteiger partial charge in [-0.05, 0) is 30.9 Å². The lowest BCUT2D eigenvalue weighted by atomic mass is 9.89. The molecule has 0 bridgehead atoms. The van der Waals surface area contributed by atoms with E-state index in [1.165, 1.54) is 32.1 Å². The van der Waals surface area contributed by atoms with Crippen LogP contribution in [0.2, 0.25) is 0 Å². The summed E-state index contributed by atoms with van der Waals surface area (Å²) in [6.45, 7) is 0.830. The molecule has 1 fully saturated rings. The predicted octanol–water partition coefficient (Wildman–Crippen LogP) is 1.93. The molecule has 1 amide bonds. The summed E-state index contributed by atoms with van der Waals surface area (Å²) in [6, 6.07) is 3.48. The third kappa shape index (κ3) is 4.31. The second kappa shape index (κ2) is 7.24. The fourth-order valence-corrected chi connectivity index (χ4v) is 2.60. The Morgan fingerprint density at radius 3 is 2.89 bits per heavy atom. The van der Waals surface area contributed by atoms with Gasteiger partial charge >= 0.3 is 0 Å². The summed E-state index contributed by atoms with van der Waals surface area (Å²) in [6.07, 6.45) is 8.48.